The number of rotatable bonds is 8. The topological polar surface area (TPSA) is 119 Å². The molecule has 2 N–H and O–H groups in total. The van der Waals surface area contributed by atoms with E-state index in [4.69, 9.17) is 9.88 Å². The number of pyridine rings is 2. The monoisotopic (exact) mass is 545 g/mol. The van der Waals surface area contributed by atoms with Crippen molar-refractivity contribution in [3.63, 3.8) is 0 Å². The van der Waals surface area contributed by atoms with Crippen molar-refractivity contribution in [1.29, 1.82) is 0 Å². The van der Waals surface area contributed by atoms with Crippen molar-refractivity contribution in [2.45, 2.75) is 36.9 Å². The molecule has 3 heterocycles. The fraction of sp³-hybridized carbons (Fsp3) is 0.423. The number of benzene rings is 1. The van der Waals surface area contributed by atoms with E-state index in [9.17, 15) is 13.2 Å². The molecule has 0 saturated heterocycles. The molecule has 3 aromatic rings. The fourth-order valence-electron chi connectivity index (χ4n) is 5.01. The molecule has 11 heteroatoms. The van der Waals surface area contributed by atoms with E-state index in [1.54, 1.807) is 30.4 Å². The Balaban J connectivity index is 0.00000320. The Morgan fingerprint density at radius 2 is 1.89 bits per heavy atom. The van der Waals surface area contributed by atoms with Gasteiger partial charge in [-0.05, 0) is 64.0 Å². The Hall–Kier alpha value is -2.79. The molecule has 5 rings (SSSR count). The number of anilines is 1. The summed E-state index contributed by atoms with van der Waals surface area (Å²) in [5.74, 6) is 0.394. The summed E-state index contributed by atoms with van der Waals surface area (Å²) in [4.78, 5) is 25.8. The molecule has 0 bridgehead atoms. The van der Waals surface area contributed by atoms with Crippen LogP contribution >= 0.6 is 12.4 Å². The number of halogens is 1. The molecule has 1 aliphatic heterocycles. The first kappa shape index (κ1) is 27.3. The number of hydrogen-bond acceptors (Lipinski definition) is 7. The molecule has 198 valence electrons. The van der Waals surface area contributed by atoms with Crippen LogP contribution < -0.4 is 14.8 Å². The molecule has 1 fully saturated rings. The minimum Gasteiger partial charge on any atom is -0.477 e. The van der Waals surface area contributed by atoms with Gasteiger partial charge in [0.25, 0.3) is 0 Å². The summed E-state index contributed by atoms with van der Waals surface area (Å²) in [5.41, 5.74) is 4.27. The van der Waals surface area contributed by atoms with E-state index in [-0.39, 0.29) is 24.2 Å². The third-order valence-electron chi connectivity index (χ3n) is 7.28. The number of aromatic nitrogens is 2. The summed E-state index contributed by atoms with van der Waals surface area (Å²) in [5, 5.41) is 5.45. The number of likely N-dealkylation sites (N-methyl/N-ethyl adjacent to an activating group) is 1. The van der Waals surface area contributed by atoms with Crippen LogP contribution in [-0.4, -0.2) is 63.5 Å². The highest BCUT2D eigenvalue weighted by molar-refractivity contribution is 7.89. The summed E-state index contributed by atoms with van der Waals surface area (Å²) in [6.45, 7) is 2.79. The van der Waals surface area contributed by atoms with Gasteiger partial charge in [-0.15, -0.1) is 12.4 Å². The Bertz CT molecular complexity index is 1470. The second kappa shape index (κ2) is 9.83. The molecule has 0 radical (unpaired) electrons. The molecule has 37 heavy (non-hydrogen) atoms. The van der Waals surface area contributed by atoms with Gasteiger partial charge in [0.2, 0.25) is 21.8 Å². The van der Waals surface area contributed by atoms with Crippen LogP contribution in [0.1, 0.15) is 42.6 Å². The van der Waals surface area contributed by atoms with Crippen molar-refractivity contribution in [3.8, 4) is 17.0 Å². The highest BCUT2D eigenvalue weighted by atomic mass is 35.5. The molecule has 2 aromatic heterocycles. The Morgan fingerprint density at radius 3 is 2.54 bits per heavy atom. The second-order valence-corrected chi connectivity index (χ2v) is 11.9. The zero-order valence-corrected chi connectivity index (χ0v) is 23.0. The summed E-state index contributed by atoms with van der Waals surface area (Å²) in [7, 11) is 1.90. The van der Waals surface area contributed by atoms with E-state index in [0.717, 1.165) is 59.1 Å². The lowest BCUT2D eigenvalue weighted by Crippen LogP contribution is -2.28. The quantitative estimate of drug-likeness (QED) is 0.431. The molecule has 1 aromatic carbocycles. The number of ether oxygens (including phenoxy) is 1. The van der Waals surface area contributed by atoms with Crippen LogP contribution in [0.2, 0.25) is 0 Å². The number of sulfonamides is 1. The van der Waals surface area contributed by atoms with E-state index in [1.165, 1.54) is 6.92 Å². The highest BCUT2D eigenvalue weighted by Gasteiger charge is 2.59. The molecular weight excluding hydrogens is 514 g/mol. The number of hydrogen-bond donors (Lipinski definition) is 1. The lowest BCUT2D eigenvalue weighted by Gasteiger charge is -2.17. The van der Waals surface area contributed by atoms with Crippen molar-refractivity contribution in [2.24, 2.45) is 5.14 Å². The van der Waals surface area contributed by atoms with Gasteiger partial charge in [0, 0.05) is 41.9 Å². The van der Waals surface area contributed by atoms with Gasteiger partial charge in [-0.2, -0.15) is 0 Å². The van der Waals surface area contributed by atoms with Crippen LogP contribution in [0.4, 0.5) is 5.69 Å². The zero-order chi connectivity index (χ0) is 25.8. The maximum Gasteiger partial charge on any atom is 0.237 e. The minimum atomic E-state index is -3.86. The van der Waals surface area contributed by atoms with Crippen LogP contribution in [0.5, 0.6) is 5.88 Å². The van der Waals surface area contributed by atoms with Crippen LogP contribution in [0.3, 0.4) is 0 Å². The van der Waals surface area contributed by atoms with Crippen LogP contribution in [0.25, 0.3) is 22.0 Å². The molecule has 1 saturated carbocycles. The number of carbonyl (C=O) groups excluding carboxylic acids is 1. The van der Waals surface area contributed by atoms with Gasteiger partial charge in [0.15, 0.2) is 0 Å². The molecule has 1 atom stereocenters. The number of carbonyl (C=O) groups is 1. The van der Waals surface area contributed by atoms with Crippen LogP contribution in [0.15, 0.2) is 36.7 Å². The lowest BCUT2D eigenvalue weighted by molar-refractivity contribution is -0.119. The van der Waals surface area contributed by atoms with Gasteiger partial charge < -0.3 is 14.5 Å². The van der Waals surface area contributed by atoms with Gasteiger partial charge in [-0.3, -0.25) is 9.78 Å². The Kier molecular flexibility index (Phi) is 7.24. The van der Waals surface area contributed by atoms with Crippen molar-refractivity contribution < 1.29 is 17.9 Å². The van der Waals surface area contributed by atoms with Crippen molar-refractivity contribution in [3.05, 3.63) is 47.8 Å². The summed E-state index contributed by atoms with van der Waals surface area (Å²) >= 11 is 0. The van der Waals surface area contributed by atoms with Gasteiger partial charge >= 0.3 is 0 Å². The number of amides is 1. The van der Waals surface area contributed by atoms with Crippen LogP contribution in [0, 0.1) is 0 Å². The summed E-state index contributed by atoms with van der Waals surface area (Å²) < 4.78 is 30.3. The smallest absolute Gasteiger partial charge is 0.237 e. The number of primary sulfonamides is 1. The minimum absolute atomic E-state index is 0. The normalized spacial score (nSPS) is 16.7. The Labute approximate surface area is 223 Å². The summed E-state index contributed by atoms with van der Waals surface area (Å²) in [6, 6.07) is 7.67. The van der Waals surface area contributed by atoms with Gasteiger partial charge in [0.05, 0.1) is 29.4 Å². The van der Waals surface area contributed by atoms with Crippen molar-refractivity contribution in [2.75, 3.05) is 39.2 Å². The van der Waals surface area contributed by atoms with Gasteiger partial charge in [-0.1, -0.05) is 6.07 Å². The summed E-state index contributed by atoms with van der Waals surface area (Å²) in [6.07, 6.45) is 5.91. The molecule has 1 spiro atoms. The maximum absolute atomic E-state index is 12.9. The molecular formula is C26H32ClN5O4S. The number of nitrogens with zero attached hydrogens (tertiary/aromatic N) is 4. The van der Waals surface area contributed by atoms with E-state index in [0.29, 0.717) is 12.2 Å². The first-order valence-corrected chi connectivity index (χ1v) is 13.6. The first-order chi connectivity index (χ1) is 17.0. The molecule has 1 unspecified atom stereocenters. The predicted molar refractivity (Wildman–Crippen MR) is 147 cm³/mol. The average Bonchev–Trinajstić information content (AvgIpc) is 3.61. The number of fused-ring (bicyclic) bond motifs is 4. The Morgan fingerprint density at radius 1 is 1.16 bits per heavy atom. The average molecular weight is 546 g/mol. The maximum atomic E-state index is 12.9. The van der Waals surface area contributed by atoms with E-state index in [1.807, 2.05) is 32.3 Å². The lowest BCUT2D eigenvalue weighted by atomic mass is 9.92. The zero-order valence-electron chi connectivity index (χ0n) is 21.4. The van der Waals surface area contributed by atoms with E-state index < -0.39 is 20.7 Å². The highest BCUT2D eigenvalue weighted by Crippen LogP contribution is 2.58. The van der Waals surface area contributed by atoms with Gasteiger partial charge in [-0.25, -0.2) is 18.5 Å². The fourth-order valence-corrected chi connectivity index (χ4v) is 5.53. The van der Waals surface area contributed by atoms with Gasteiger partial charge in [0.1, 0.15) is 5.25 Å². The predicted octanol–water partition coefficient (Wildman–Crippen LogP) is 3.41. The first-order valence-electron chi connectivity index (χ1n) is 12.0. The molecule has 1 aliphatic carbocycles. The molecule has 1 amide bonds. The molecule has 2 aliphatic rings. The van der Waals surface area contributed by atoms with Crippen molar-refractivity contribution >= 4 is 44.9 Å². The largest absolute Gasteiger partial charge is 0.477 e. The second-order valence-electron chi connectivity index (χ2n) is 10.1. The third-order valence-corrected chi connectivity index (χ3v) is 8.52. The number of nitrogens with two attached hydrogens (primary N) is 1. The van der Waals surface area contributed by atoms with Crippen molar-refractivity contribution in [1.82, 2.24) is 14.9 Å². The van der Waals surface area contributed by atoms with E-state index >= 15 is 0 Å². The SMILES string of the molecule is CC(c1cc(-c2ccc3ncc4c(c3c2)C2(CC2)C(=O)N4C)cnc1OCCCN(C)C)S(N)(=O)=O.Cl. The standard InChI is InChI=1S/C26H31N5O4S.ClH/c1-16(36(27,33)34)19-13-18(14-29-24(19)35-11-5-10-30(2)3)17-6-7-21-20(12-17)23-22(15-28-21)31(4)25(32)26(23)8-9-26;/h6-7,12-16H,5,8-11H2,1-4H3,(H2,27,33,34);1H. The van der Waals surface area contributed by atoms with E-state index in [2.05, 4.69) is 14.9 Å². The van der Waals surface area contributed by atoms with Crippen LogP contribution in [-0.2, 0) is 20.2 Å². The third kappa shape index (κ3) is 4.79. The molecule has 9 nitrogen and oxygen atoms in total.